The predicted molar refractivity (Wildman–Crippen MR) is 138 cm³/mol. The smallest absolute Gasteiger partial charge is 0.333 e. The van der Waals surface area contributed by atoms with E-state index in [1.807, 2.05) is 0 Å². The van der Waals surface area contributed by atoms with E-state index < -0.39 is 58.7 Å². The van der Waals surface area contributed by atoms with Gasteiger partial charge in [0.15, 0.2) is 0 Å². The monoisotopic (exact) mass is 598 g/mol. The molecule has 0 spiro atoms. The fourth-order valence-electron chi connectivity index (χ4n) is 3.68. The molecule has 2 heterocycles. The molecule has 0 aliphatic carbocycles. The average molecular weight is 599 g/mol. The van der Waals surface area contributed by atoms with Crippen LogP contribution in [0.4, 0.5) is 0 Å². The van der Waals surface area contributed by atoms with Crippen molar-refractivity contribution >= 4 is 47.5 Å². The molecule has 0 radical (unpaired) electrons. The molecule has 0 bridgehead atoms. The molecule has 0 atom stereocenters. The molecule has 2 fully saturated rings. The van der Waals surface area contributed by atoms with Crippen LogP contribution in [0.1, 0.15) is 98.3 Å². The Labute approximate surface area is 243 Å². The Bertz CT molecular complexity index is 1050. The molecule has 0 saturated carbocycles. The molecular formula is C27H38N2O13. The van der Waals surface area contributed by atoms with Gasteiger partial charge in [-0.1, -0.05) is 0 Å². The van der Waals surface area contributed by atoms with E-state index in [0.717, 1.165) is 0 Å². The summed E-state index contributed by atoms with van der Waals surface area (Å²) in [7, 11) is 0. The summed E-state index contributed by atoms with van der Waals surface area (Å²) < 4.78 is 16.5. The zero-order valence-corrected chi connectivity index (χ0v) is 24.4. The summed E-state index contributed by atoms with van der Waals surface area (Å²) >= 11 is 0. The third kappa shape index (κ3) is 11.9. The van der Waals surface area contributed by atoms with E-state index >= 15 is 0 Å². The Kier molecular flexibility index (Phi) is 12.6. The van der Waals surface area contributed by atoms with Crippen molar-refractivity contribution in [2.45, 2.75) is 110 Å². The Morgan fingerprint density at radius 3 is 1.48 bits per heavy atom. The predicted octanol–water partition coefficient (Wildman–Crippen LogP) is 1.59. The summed E-state index contributed by atoms with van der Waals surface area (Å²) in [6, 6.07) is 0. The van der Waals surface area contributed by atoms with Gasteiger partial charge in [-0.25, -0.2) is 9.59 Å². The SMILES string of the molecule is CC(C)(CCOC(=O)CCCC(=O)ON1C(=O)CCC1=O)OCC(C)(C)OC(=O)CCCC(=O)ON1C(=O)CCC1=O. The molecule has 234 valence electrons. The highest BCUT2D eigenvalue weighted by atomic mass is 16.7. The molecule has 4 amide bonds. The minimum Gasteiger partial charge on any atom is -0.466 e. The Hall–Kier alpha value is -3.88. The largest absolute Gasteiger partial charge is 0.466 e. The fraction of sp³-hybridized carbons (Fsp3) is 0.704. The maximum atomic E-state index is 12.2. The van der Waals surface area contributed by atoms with Crippen LogP contribution in [0.2, 0.25) is 0 Å². The van der Waals surface area contributed by atoms with Gasteiger partial charge in [-0.05, 0) is 40.5 Å². The molecule has 0 aromatic carbocycles. The van der Waals surface area contributed by atoms with Crippen molar-refractivity contribution in [2.75, 3.05) is 13.2 Å². The van der Waals surface area contributed by atoms with Gasteiger partial charge in [-0.3, -0.25) is 28.8 Å². The standard InChI is InChI=1S/C27H38N2O13/c1-26(2,15-16-38-22(34)7-5-9-24(36)41-28-18(30)11-12-19(28)31)39-17-27(3,4)40-23(35)8-6-10-25(37)42-29-20(32)13-14-21(29)33/h5-17H2,1-4H3. The van der Waals surface area contributed by atoms with Crippen LogP contribution in [-0.4, -0.2) is 82.0 Å². The topological polar surface area (TPSA) is 189 Å². The van der Waals surface area contributed by atoms with Gasteiger partial charge in [0.05, 0.1) is 18.8 Å². The van der Waals surface area contributed by atoms with E-state index in [9.17, 15) is 38.4 Å². The van der Waals surface area contributed by atoms with E-state index in [-0.39, 0.29) is 77.4 Å². The number of nitrogens with zero attached hydrogens (tertiary/aromatic N) is 2. The molecule has 2 aliphatic heterocycles. The number of hydroxylamine groups is 4. The molecule has 15 heteroatoms. The number of rotatable bonds is 17. The van der Waals surface area contributed by atoms with Crippen LogP contribution in [0.5, 0.6) is 0 Å². The van der Waals surface area contributed by atoms with Crippen LogP contribution in [0, 0.1) is 0 Å². The summed E-state index contributed by atoms with van der Waals surface area (Å²) in [5.74, 6) is -5.01. The number of hydrogen-bond donors (Lipinski definition) is 0. The summed E-state index contributed by atoms with van der Waals surface area (Å²) in [4.78, 5) is 103. The van der Waals surface area contributed by atoms with Crippen molar-refractivity contribution < 1.29 is 62.2 Å². The molecule has 2 rings (SSSR count). The molecule has 15 nitrogen and oxygen atoms in total. The molecule has 0 N–H and O–H groups in total. The van der Waals surface area contributed by atoms with Crippen LogP contribution >= 0.6 is 0 Å². The van der Waals surface area contributed by atoms with Crippen molar-refractivity contribution in [1.82, 2.24) is 10.1 Å². The summed E-state index contributed by atoms with van der Waals surface area (Å²) in [5, 5.41) is 0.907. The van der Waals surface area contributed by atoms with Gasteiger partial charge in [0, 0.05) is 57.8 Å². The Morgan fingerprint density at radius 2 is 1.02 bits per heavy atom. The number of carbonyl (C=O) groups is 8. The number of esters is 2. The van der Waals surface area contributed by atoms with Crippen LogP contribution < -0.4 is 0 Å². The van der Waals surface area contributed by atoms with Crippen molar-refractivity contribution in [1.29, 1.82) is 0 Å². The third-order valence-electron chi connectivity index (χ3n) is 6.09. The second kappa shape index (κ2) is 15.4. The zero-order chi connectivity index (χ0) is 31.5. The van der Waals surface area contributed by atoms with Gasteiger partial charge in [0.1, 0.15) is 5.60 Å². The van der Waals surface area contributed by atoms with Crippen LogP contribution in [-0.2, 0) is 62.2 Å². The average Bonchev–Trinajstić information content (AvgIpc) is 3.37. The van der Waals surface area contributed by atoms with Crippen molar-refractivity contribution in [3.63, 3.8) is 0 Å². The highest BCUT2D eigenvalue weighted by Crippen LogP contribution is 2.21. The molecule has 0 aromatic heterocycles. The highest BCUT2D eigenvalue weighted by Gasteiger charge is 2.34. The first-order valence-corrected chi connectivity index (χ1v) is 13.7. The second-order valence-corrected chi connectivity index (χ2v) is 11.1. The lowest BCUT2D eigenvalue weighted by Crippen LogP contribution is -2.38. The number of hydrogen-bond acceptors (Lipinski definition) is 13. The van der Waals surface area contributed by atoms with Gasteiger partial charge in [0.25, 0.3) is 23.6 Å². The van der Waals surface area contributed by atoms with E-state index in [2.05, 4.69) is 0 Å². The van der Waals surface area contributed by atoms with Crippen molar-refractivity contribution in [3.8, 4) is 0 Å². The molecule has 2 saturated heterocycles. The number of imide groups is 2. The van der Waals surface area contributed by atoms with Crippen LogP contribution in [0.15, 0.2) is 0 Å². The molecule has 0 unspecified atom stereocenters. The normalized spacial score (nSPS) is 15.7. The molecule has 2 aliphatic rings. The van der Waals surface area contributed by atoms with Gasteiger partial charge < -0.3 is 23.9 Å². The van der Waals surface area contributed by atoms with Crippen molar-refractivity contribution in [3.05, 3.63) is 0 Å². The minimum atomic E-state index is -1.00. The Balaban J connectivity index is 1.58. The van der Waals surface area contributed by atoms with Crippen LogP contribution in [0.25, 0.3) is 0 Å². The minimum absolute atomic E-state index is 0.00328. The van der Waals surface area contributed by atoms with E-state index in [1.54, 1.807) is 27.7 Å². The molecule has 0 aromatic rings. The van der Waals surface area contributed by atoms with E-state index in [4.69, 9.17) is 23.9 Å². The van der Waals surface area contributed by atoms with Gasteiger partial charge in [0.2, 0.25) is 0 Å². The molecular weight excluding hydrogens is 560 g/mol. The third-order valence-corrected chi connectivity index (χ3v) is 6.09. The lowest BCUT2D eigenvalue weighted by atomic mass is 10.0. The summed E-state index contributed by atoms with van der Waals surface area (Å²) in [6.07, 6.45) is 0.0208. The first-order chi connectivity index (χ1) is 19.6. The number of ether oxygens (including phenoxy) is 3. The fourth-order valence-corrected chi connectivity index (χ4v) is 3.68. The van der Waals surface area contributed by atoms with Crippen LogP contribution in [0.3, 0.4) is 0 Å². The quantitative estimate of drug-likeness (QED) is 0.173. The summed E-state index contributed by atoms with van der Waals surface area (Å²) in [5.41, 5.74) is -1.74. The first-order valence-electron chi connectivity index (χ1n) is 13.7. The number of amides is 4. The van der Waals surface area contributed by atoms with Gasteiger partial charge >= 0.3 is 23.9 Å². The van der Waals surface area contributed by atoms with Crippen molar-refractivity contribution in [2.24, 2.45) is 0 Å². The van der Waals surface area contributed by atoms with Gasteiger partial charge in [-0.15, -0.1) is 10.1 Å². The Morgan fingerprint density at radius 1 is 0.619 bits per heavy atom. The lowest BCUT2D eigenvalue weighted by molar-refractivity contribution is -0.197. The molecule has 42 heavy (non-hydrogen) atoms. The maximum absolute atomic E-state index is 12.2. The van der Waals surface area contributed by atoms with E-state index in [0.29, 0.717) is 16.5 Å². The lowest BCUT2D eigenvalue weighted by Gasteiger charge is -2.31. The number of carbonyl (C=O) groups excluding carboxylic acids is 8. The maximum Gasteiger partial charge on any atom is 0.333 e. The first kappa shape index (κ1) is 34.3. The second-order valence-electron chi connectivity index (χ2n) is 11.1. The van der Waals surface area contributed by atoms with Gasteiger partial charge in [-0.2, -0.15) is 0 Å². The van der Waals surface area contributed by atoms with E-state index in [1.165, 1.54) is 0 Å². The summed E-state index contributed by atoms with van der Waals surface area (Å²) in [6.45, 7) is 6.93. The zero-order valence-electron chi connectivity index (χ0n) is 24.4. The highest BCUT2D eigenvalue weighted by molar-refractivity contribution is 6.02.